The van der Waals surface area contributed by atoms with Crippen LogP contribution in [0.3, 0.4) is 0 Å². The van der Waals surface area contributed by atoms with Crippen molar-refractivity contribution in [3.8, 4) is 0 Å². The van der Waals surface area contributed by atoms with E-state index in [0.717, 1.165) is 0 Å². The molecule has 0 saturated carbocycles. The van der Waals surface area contributed by atoms with Gasteiger partial charge in [-0.3, -0.25) is 81.5 Å². The number of benzene rings is 3. The standard InChI is InChI=1S/C68H96N18O20/c69-33-11-10-18-41(78-60(97)42(20-27-52(72)88)77-58(95)40(70)19-26-51(71)87)59(96)84-48(34-37-12-4-1-5-13-37)65(102)80-44(22-29-54(74)90)63(100)85-49(35-38-14-6-2-7-15-38)66(103)81-45(23-30-55(75)91)64(101)86-50(36-39-16-8-3-9-17-39)67(104)82-46(25-32-57(93)94)61(98)79-43(21-28-53(73)89)62(99)83-47(68(105)106)24-31-56(76)92/h1-9,12-17,40-50H,10-11,18-36,69-70H2,(H2,71,87)(H2,72,88)(H2,73,89)(H2,74,90)(H2,75,91)(H2,76,92)(H,77,95)(H,78,97)(H,79,98)(H,80,102)(H,81,103)(H,82,104)(H,83,99)(H,84,96)(H,85,100)(H,86,101)(H,93,94)(H,105,106)/t40-,41-,42-,43-,44-,45-,46-,47-,48-,49-,50-/m0/s1. The molecule has 28 N–H and O–H groups in total. The summed E-state index contributed by atoms with van der Waals surface area (Å²) in [5.74, 6) is -19.5. The molecule has 0 saturated heterocycles. The van der Waals surface area contributed by atoms with Crippen LogP contribution < -0.4 is 99.0 Å². The van der Waals surface area contributed by atoms with Crippen LogP contribution in [0.4, 0.5) is 0 Å². The first-order valence-corrected chi connectivity index (χ1v) is 33.9. The zero-order chi connectivity index (χ0) is 79.0. The molecule has 0 heterocycles. The lowest BCUT2D eigenvalue weighted by Gasteiger charge is -2.28. The highest BCUT2D eigenvalue weighted by molar-refractivity contribution is 6.00. The number of hydrogen-bond acceptors (Lipinski definition) is 20. The summed E-state index contributed by atoms with van der Waals surface area (Å²) in [5, 5.41) is 43.9. The third-order valence-corrected chi connectivity index (χ3v) is 16.2. The summed E-state index contributed by atoms with van der Waals surface area (Å²) in [6.07, 6.45) is -7.75. The number of carboxylic acid groups (broad SMARTS) is 2. The van der Waals surface area contributed by atoms with Gasteiger partial charge < -0.3 is 109 Å². The minimum absolute atomic E-state index is 0.110. The number of carbonyl (C=O) groups excluding carboxylic acids is 16. The van der Waals surface area contributed by atoms with Gasteiger partial charge in [0.05, 0.1) is 6.04 Å². The highest BCUT2D eigenvalue weighted by Crippen LogP contribution is 2.15. The van der Waals surface area contributed by atoms with Crippen LogP contribution in [0, 0.1) is 0 Å². The number of unbranched alkanes of at least 4 members (excludes halogenated alkanes) is 1. The molecule has 3 rings (SSSR count). The fourth-order valence-electron chi connectivity index (χ4n) is 10.4. The van der Waals surface area contributed by atoms with Crippen molar-refractivity contribution < 1.29 is 96.5 Å². The van der Waals surface area contributed by atoms with Gasteiger partial charge in [0.1, 0.15) is 60.4 Å². The fourth-order valence-corrected chi connectivity index (χ4v) is 10.4. The monoisotopic (exact) mass is 1480 g/mol. The third-order valence-electron chi connectivity index (χ3n) is 16.2. The Labute approximate surface area is 609 Å². The predicted octanol–water partition coefficient (Wildman–Crippen LogP) is -6.44. The van der Waals surface area contributed by atoms with E-state index in [1.54, 1.807) is 91.0 Å². The highest BCUT2D eigenvalue weighted by Gasteiger charge is 2.37. The van der Waals surface area contributed by atoms with Crippen molar-refractivity contribution in [1.82, 2.24) is 53.2 Å². The van der Waals surface area contributed by atoms with Gasteiger partial charge in [-0.15, -0.1) is 0 Å². The van der Waals surface area contributed by atoms with E-state index in [1.807, 2.05) is 0 Å². The minimum atomic E-state index is -1.87. The Kier molecular flexibility index (Phi) is 38.8. The highest BCUT2D eigenvalue weighted by atomic mass is 16.4. The second-order valence-electron chi connectivity index (χ2n) is 24.9. The molecule has 38 heteroatoms. The van der Waals surface area contributed by atoms with Crippen LogP contribution in [-0.2, 0) is 106 Å². The largest absolute Gasteiger partial charge is 0.481 e. The molecule has 578 valence electrons. The molecule has 3 aromatic rings. The van der Waals surface area contributed by atoms with Crippen molar-refractivity contribution in [1.29, 1.82) is 0 Å². The number of primary amides is 6. The number of nitrogens with one attached hydrogen (secondary N) is 10. The molecule has 0 fully saturated rings. The van der Waals surface area contributed by atoms with Gasteiger partial charge >= 0.3 is 11.9 Å². The summed E-state index contributed by atoms with van der Waals surface area (Å²) in [5.41, 5.74) is 45.1. The van der Waals surface area contributed by atoms with Crippen LogP contribution in [0.5, 0.6) is 0 Å². The van der Waals surface area contributed by atoms with Crippen molar-refractivity contribution in [2.24, 2.45) is 45.9 Å². The smallest absolute Gasteiger partial charge is 0.326 e. The Morgan fingerprint density at radius 2 is 0.491 bits per heavy atom. The first kappa shape index (κ1) is 88.3. The number of amides is 16. The summed E-state index contributed by atoms with van der Waals surface area (Å²) in [4.78, 5) is 239. The van der Waals surface area contributed by atoms with E-state index in [9.17, 15) is 96.5 Å². The zero-order valence-corrected chi connectivity index (χ0v) is 58.2. The Morgan fingerprint density at radius 3 is 0.745 bits per heavy atom. The van der Waals surface area contributed by atoms with Crippen LogP contribution in [0.2, 0.25) is 0 Å². The lowest BCUT2D eigenvalue weighted by molar-refractivity contribution is -0.143. The average Bonchev–Trinajstić information content (AvgIpc) is 0.853. The fraction of sp³-hybridized carbons (Fsp3) is 0.471. The first-order valence-electron chi connectivity index (χ1n) is 33.9. The molecule has 0 aliphatic heterocycles. The SMILES string of the molecule is NCCCC[C@H](NC(=O)[C@H](CCC(N)=O)NC(=O)[C@@H](N)CCC(N)=O)C(=O)N[C@@H](Cc1ccccc1)C(=O)N[C@@H](CCC(N)=O)C(=O)N[C@@H](Cc1ccccc1)C(=O)N[C@@H](CCC(N)=O)C(=O)N[C@@H](Cc1ccccc1)C(=O)N[C@@H](CCC(=O)O)C(=O)N[C@@H](CCC(N)=O)C(=O)N[C@@H](CCC(N)=O)C(=O)O. The summed E-state index contributed by atoms with van der Waals surface area (Å²) in [7, 11) is 0. The van der Waals surface area contributed by atoms with Crippen molar-refractivity contribution >= 4 is 106 Å². The summed E-state index contributed by atoms with van der Waals surface area (Å²) in [6.45, 7) is 0.154. The number of carboxylic acids is 2. The normalized spacial score (nSPS) is 14.0. The van der Waals surface area contributed by atoms with Crippen molar-refractivity contribution in [3.05, 3.63) is 108 Å². The average molecular weight is 1490 g/mol. The second kappa shape index (κ2) is 46.6. The third kappa shape index (κ3) is 34.8. The van der Waals surface area contributed by atoms with Gasteiger partial charge in [-0.1, -0.05) is 91.0 Å². The first-order chi connectivity index (χ1) is 50.1. The van der Waals surface area contributed by atoms with Crippen molar-refractivity contribution in [3.63, 3.8) is 0 Å². The number of rotatable bonds is 52. The van der Waals surface area contributed by atoms with E-state index in [2.05, 4.69) is 53.2 Å². The quantitative estimate of drug-likeness (QED) is 0.0234. The van der Waals surface area contributed by atoms with Crippen molar-refractivity contribution in [2.45, 2.75) is 195 Å². The Hall–Kier alpha value is -12.0. The molecule has 16 amide bonds. The lowest BCUT2D eigenvalue weighted by atomic mass is 10.0. The predicted molar refractivity (Wildman–Crippen MR) is 376 cm³/mol. The molecule has 38 nitrogen and oxygen atoms in total. The minimum Gasteiger partial charge on any atom is -0.481 e. The van der Waals surface area contributed by atoms with Crippen LogP contribution in [0.15, 0.2) is 91.0 Å². The molecule has 0 aliphatic carbocycles. The lowest BCUT2D eigenvalue weighted by Crippen LogP contribution is -2.61. The maximum absolute atomic E-state index is 14.9. The van der Waals surface area contributed by atoms with Crippen LogP contribution in [0.25, 0.3) is 0 Å². The molecule has 0 aliphatic rings. The molecule has 3 aromatic carbocycles. The van der Waals surface area contributed by atoms with Crippen molar-refractivity contribution in [2.75, 3.05) is 6.54 Å². The zero-order valence-electron chi connectivity index (χ0n) is 58.2. The van der Waals surface area contributed by atoms with E-state index < -0.39 is 244 Å². The maximum atomic E-state index is 14.9. The molecule has 11 atom stereocenters. The summed E-state index contributed by atoms with van der Waals surface area (Å²) < 4.78 is 0. The molecule has 0 spiro atoms. The Balaban J connectivity index is 2.09. The van der Waals surface area contributed by atoms with Gasteiger partial charge in [-0.2, -0.15) is 0 Å². The summed E-state index contributed by atoms with van der Waals surface area (Å²) in [6, 6.07) is 5.55. The van der Waals surface area contributed by atoms with Gasteiger partial charge in [-0.25, -0.2) is 4.79 Å². The van der Waals surface area contributed by atoms with Gasteiger partial charge in [-0.05, 0) is 87.4 Å². The number of nitrogens with two attached hydrogens (primary N) is 8. The van der Waals surface area contributed by atoms with E-state index >= 15 is 0 Å². The molecule has 0 aromatic heterocycles. The second-order valence-corrected chi connectivity index (χ2v) is 24.9. The number of aliphatic carboxylic acids is 2. The van der Waals surface area contributed by atoms with Gasteiger partial charge in [0.2, 0.25) is 94.5 Å². The van der Waals surface area contributed by atoms with Gasteiger partial charge in [0.15, 0.2) is 0 Å². The van der Waals surface area contributed by atoms with E-state index in [4.69, 9.17) is 45.9 Å². The Morgan fingerprint density at radius 1 is 0.274 bits per heavy atom. The summed E-state index contributed by atoms with van der Waals surface area (Å²) >= 11 is 0. The van der Waals surface area contributed by atoms with Crippen LogP contribution >= 0.6 is 0 Å². The molecular weight excluding hydrogens is 1390 g/mol. The van der Waals surface area contributed by atoms with Gasteiger partial charge in [0.25, 0.3) is 0 Å². The number of hydrogen-bond donors (Lipinski definition) is 20. The van der Waals surface area contributed by atoms with Gasteiger partial charge in [0, 0.05) is 64.2 Å². The van der Waals surface area contributed by atoms with Crippen LogP contribution in [0.1, 0.15) is 126 Å². The van der Waals surface area contributed by atoms with E-state index in [0.29, 0.717) is 23.1 Å². The molecule has 106 heavy (non-hydrogen) atoms. The van der Waals surface area contributed by atoms with E-state index in [-0.39, 0.29) is 57.9 Å². The maximum Gasteiger partial charge on any atom is 0.326 e. The molecule has 0 bridgehead atoms. The topological polar surface area (TPSA) is 676 Å². The van der Waals surface area contributed by atoms with Crippen LogP contribution in [-0.4, -0.2) is 190 Å². The number of carbonyl (C=O) groups is 18. The Bertz CT molecular complexity index is 3560. The molecule has 0 unspecified atom stereocenters. The molecule has 0 radical (unpaired) electrons. The molecular formula is C68H96N18O20. The van der Waals surface area contributed by atoms with E-state index in [1.165, 1.54) is 0 Å².